The molecule has 10 nitrogen and oxygen atoms in total. The summed E-state index contributed by atoms with van der Waals surface area (Å²) in [5.74, 6) is 2.54. The summed E-state index contributed by atoms with van der Waals surface area (Å²) >= 11 is 2.07. The van der Waals surface area contributed by atoms with E-state index in [1.54, 1.807) is 19.2 Å². The van der Waals surface area contributed by atoms with E-state index in [1.165, 1.54) is 47.3 Å². The second-order valence-corrected chi connectivity index (χ2v) is 10.7. The van der Waals surface area contributed by atoms with Crippen LogP contribution in [0.3, 0.4) is 0 Å². The number of hydrogen-bond acceptors (Lipinski definition) is 9. The Morgan fingerprint density at radius 1 is 1.30 bits per heavy atom. The fourth-order valence-corrected chi connectivity index (χ4v) is 6.23. The van der Waals surface area contributed by atoms with Crippen LogP contribution in [0.5, 0.6) is 5.75 Å². The Morgan fingerprint density at radius 3 is 2.84 bits per heavy atom. The van der Waals surface area contributed by atoms with Gasteiger partial charge in [-0.2, -0.15) is 16.9 Å². The SMILES string of the molecule is C1CCSC1.Cc1c(C(N)=O)cn2ncnc(Nc3ccc(F)cc3OC3CO[C@]45COC4CO[C@H]35)c12. The van der Waals surface area contributed by atoms with E-state index in [0.29, 0.717) is 53.7 Å². The number of hydrogen-bond donors (Lipinski definition) is 2. The number of ether oxygens (including phenoxy) is 4. The first kappa shape index (κ1) is 24.4. The summed E-state index contributed by atoms with van der Waals surface area (Å²) in [7, 11) is 0. The molecule has 2 aromatic heterocycles. The third-order valence-corrected chi connectivity index (χ3v) is 8.37. The van der Waals surface area contributed by atoms with Gasteiger partial charge in [0.25, 0.3) is 5.91 Å². The molecule has 4 aliphatic rings. The Balaban J connectivity index is 0.000000453. The monoisotopic (exact) mass is 529 g/mol. The smallest absolute Gasteiger partial charge is 0.250 e. The van der Waals surface area contributed by atoms with Crippen LogP contribution in [0.2, 0.25) is 0 Å². The molecular weight excluding hydrogens is 501 g/mol. The maximum atomic E-state index is 14.1. The Hall–Kier alpha value is -2.93. The van der Waals surface area contributed by atoms with Crippen molar-refractivity contribution in [3.63, 3.8) is 0 Å². The molecule has 12 heteroatoms. The van der Waals surface area contributed by atoms with Gasteiger partial charge in [0, 0.05) is 12.3 Å². The number of fused-ring (bicyclic) bond motifs is 1. The average molecular weight is 530 g/mol. The van der Waals surface area contributed by atoms with Crippen LogP contribution in [0.1, 0.15) is 28.8 Å². The predicted molar refractivity (Wildman–Crippen MR) is 135 cm³/mol. The number of rotatable bonds is 5. The molecule has 4 fully saturated rings. The molecule has 4 saturated heterocycles. The van der Waals surface area contributed by atoms with E-state index in [2.05, 4.69) is 27.2 Å². The van der Waals surface area contributed by atoms with Crippen molar-refractivity contribution in [1.82, 2.24) is 14.6 Å². The lowest BCUT2D eigenvalue weighted by molar-refractivity contribution is -0.224. The fourth-order valence-electron chi connectivity index (χ4n) is 5.21. The fraction of sp³-hybridized carbons (Fsp3) is 0.480. The third-order valence-electron chi connectivity index (χ3n) is 7.21. The maximum Gasteiger partial charge on any atom is 0.250 e. The van der Waals surface area contributed by atoms with Crippen molar-refractivity contribution < 1.29 is 28.1 Å². The lowest BCUT2D eigenvalue weighted by atomic mass is 9.89. The largest absolute Gasteiger partial charge is 0.483 e. The van der Waals surface area contributed by atoms with Gasteiger partial charge in [-0.05, 0) is 49.0 Å². The normalized spacial score (nSPS) is 27.7. The van der Waals surface area contributed by atoms with Gasteiger partial charge < -0.3 is 30.0 Å². The molecule has 3 N–H and O–H groups in total. The quantitative estimate of drug-likeness (QED) is 0.514. The molecule has 1 aromatic carbocycles. The number of benzene rings is 1. The lowest BCUT2D eigenvalue weighted by Crippen LogP contribution is -2.61. The van der Waals surface area contributed by atoms with Crippen LogP contribution in [0, 0.1) is 12.7 Å². The summed E-state index contributed by atoms with van der Waals surface area (Å²) in [6, 6.07) is 4.18. The first-order valence-corrected chi connectivity index (χ1v) is 13.4. The van der Waals surface area contributed by atoms with Gasteiger partial charge in [0.15, 0.2) is 11.9 Å². The van der Waals surface area contributed by atoms with E-state index in [9.17, 15) is 9.18 Å². The minimum Gasteiger partial charge on any atom is -0.483 e. The molecule has 37 heavy (non-hydrogen) atoms. The van der Waals surface area contributed by atoms with Crippen molar-refractivity contribution in [2.24, 2.45) is 5.73 Å². The number of nitrogens with one attached hydrogen (secondary N) is 1. The van der Waals surface area contributed by atoms with E-state index in [4.69, 9.17) is 24.7 Å². The number of thioether (sulfide) groups is 1. The van der Waals surface area contributed by atoms with Gasteiger partial charge in [-0.25, -0.2) is 13.9 Å². The highest BCUT2D eigenvalue weighted by molar-refractivity contribution is 7.99. The van der Waals surface area contributed by atoms with Crippen molar-refractivity contribution >= 4 is 34.7 Å². The number of amides is 1. The van der Waals surface area contributed by atoms with Crippen LogP contribution >= 0.6 is 11.8 Å². The summed E-state index contributed by atoms with van der Waals surface area (Å²) in [5, 5.41) is 7.33. The van der Waals surface area contributed by atoms with E-state index in [1.807, 2.05) is 0 Å². The van der Waals surface area contributed by atoms with E-state index in [-0.39, 0.29) is 12.2 Å². The molecule has 2 unspecified atom stereocenters. The summed E-state index contributed by atoms with van der Waals surface area (Å²) < 4.78 is 39.2. The van der Waals surface area contributed by atoms with Gasteiger partial charge in [-0.1, -0.05) is 0 Å². The third kappa shape index (κ3) is 4.31. The number of aryl methyl sites for hydroxylation is 1. The first-order valence-electron chi connectivity index (χ1n) is 12.3. The van der Waals surface area contributed by atoms with Crippen molar-refractivity contribution in [3.8, 4) is 5.75 Å². The molecule has 0 saturated carbocycles. The van der Waals surface area contributed by atoms with Gasteiger partial charge >= 0.3 is 0 Å². The topological polar surface area (TPSA) is 122 Å². The molecule has 6 heterocycles. The minimum absolute atomic E-state index is 0.0858. The summed E-state index contributed by atoms with van der Waals surface area (Å²) in [6.45, 7) is 2.99. The van der Waals surface area contributed by atoms with Crippen LogP contribution in [-0.4, -0.2) is 75.7 Å². The van der Waals surface area contributed by atoms with Crippen LogP contribution in [0.25, 0.3) is 5.52 Å². The van der Waals surface area contributed by atoms with Crippen LogP contribution < -0.4 is 15.8 Å². The molecule has 4 atom stereocenters. The Morgan fingerprint density at radius 2 is 2.14 bits per heavy atom. The number of aromatic nitrogens is 3. The summed E-state index contributed by atoms with van der Waals surface area (Å²) in [6.07, 6.45) is 5.04. The minimum atomic E-state index is -0.560. The number of halogens is 1. The number of anilines is 2. The first-order chi connectivity index (χ1) is 18.0. The molecule has 0 aliphatic carbocycles. The zero-order valence-electron chi connectivity index (χ0n) is 20.3. The van der Waals surface area contributed by atoms with E-state index >= 15 is 0 Å². The Labute approximate surface area is 217 Å². The second-order valence-electron chi connectivity index (χ2n) is 9.49. The second kappa shape index (κ2) is 9.75. The maximum absolute atomic E-state index is 14.1. The molecule has 196 valence electrons. The van der Waals surface area contributed by atoms with Gasteiger partial charge in [-0.3, -0.25) is 4.79 Å². The highest BCUT2D eigenvalue weighted by Crippen LogP contribution is 2.47. The predicted octanol–water partition coefficient (Wildman–Crippen LogP) is 2.85. The van der Waals surface area contributed by atoms with Gasteiger partial charge in [-0.15, -0.1) is 0 Å². The number of nitrogens with two attached hydrogens (primary N) is 1. The van der Waals surface area contributed by atoms with Crippen molar-refractivity contribution in [3.05, 3.63) is 47.7 Å². The molecule has 4 aliphatic heterocycles. The highest BCUT2D eigenvalue weighted by Gasteiger charge is 2.67. The lowest BCUT2D eigenvalue weighted by Gasteiger charge is -2.41. The molecule has 1 spiro atoms. The number of primary amides is 1. The highest BCUT2D eigenvalue weighted by atomic mass is 32.2. The van der Waals surface area contributed by atoms with Crippen molar-refractivity contribution in [1.29, 1.82) is 0 Å². The standard InChI is InChI=1S/C21H20FN5O5.C4H8S/c1-10-12(19(23)28)5-27-17(10)20(24-9-25-27)26-13-3-2-11(22)4-14(13)32-15-6-31-21-8-30-16(21)7-29-18(15)21;1-2-4-5-3-1/h2-5,9,15-16,18H,6-8H2,1H3,(H2,23,28)(H,24,25,26);1-4H2/t15?,16?,18-,21-;/m1./s1. The number of carbonyl (C=O) groups excluding carboxylic acids is 1. The number of nitrogens with zero attached hydrogens (tertiary/aromatic N) is 3. The zero-order chi connectivity index (χ0) is 25.6. The molecule has 0 bridgehead atoms. The van der Waals surface area contributed by atoms with Gasteiger partial charge in [0.2, 0.25) is 0 Å². The number of carbonyl (C=O) groups is 1. The zero-order valence-corrected chi connectivity index (χ0v) is 21.1. The van der Waals surface area contributed by atoms with Crippen molar-refractivity contribution in [2.75, 3.05) is 36.6 Å². The average Bonchev–Trinajstić information content (AvgIpc) is 3.65. The molecule has 3 aromatic rings. The van der Waals surface area contributed by atoms with Gasteiger partial charge in [0.05, 0.1) is 31.1 Å². The summed E-state index contributed by atoms with van der Waals surface area (Å²) in [4.78, 5) is 16.0. The molecule has 7 rings (SSSR count). The Kier molecular flexibility index (Phi) is 6.43. The molecule has 0 radical (unpaired) electrons. The van der Waals surface area contributed by atoms with Gasteiger partial charge in [0.1, 0.15) is 41.2 Å². The molecule has 1 amide bonds. The van der Waals surface area contributed by atoms with Crippen molar-refractivity contribution in [2.45, 2.75) is 43.7 Å². The summed E-state index contributed by atoms with van der Waals surface area (Å²) in [5.41, 5.74) is 7.04. The van der Waals surface area contributed by atoms with E-state index < -0.39 is 23.4 Å². The van der Waals surface area contributed by atoms with Crippen LogP contribution in [-0.2, 0) is 14.2 Å². The Bertz CT molecular complexity index is 1330. The molecular formula is C25H28FN5O5S. The van der Waals surface area contributed by atoms with Crippen LogP contribution in [0.4, 0.5) is 15.9 Å². The van der Waals surface area contributed by atoms with Crippen LogP contribution in [0.15, 0.2) is 30.7 Å². The van der Waals surface area contributed by atoms with E-state index in [0.717, 1.165) is 0 Å².